The van der Waals surface area contributed by atoms with Crippen LogP contribution in [0.4, 0.5) is 29.2 Å². The van der Waals surface area contributed by atoms with Crippen LogP contribution in [0.15, 0.2) is 90.0 Å². The van der Waals surface area contributed by atoms with Gasteiger partial charge in [0.25, 0.3) is 0 Å². The number of hydrogen-bond acceptors (Lipinski definition) is 7. The Labute approximate surface area is 187 Å². The Kier molecular flexibility index (Phi) is 6.45. The minimum Gasteiger partial charge on any atom is -0.324 e. The molecule has 4 aromatic rings. The second-order valence-electron chi connectivity index (χ2n) is 6.21. The Hall–Kier alpha value is -3.53. The Morgan fingerprint density at radius 1 is 0.667 bits per heavy atom. The quantitative estimate of drug-likeness (QED) is 0.176. The summed E-state index contributed by atoms with van der Waals surface area (Å²) in [6.45, 7) is 0. The molecule has 8 heteroatoms. The van der Waals surface area contributed by atoms with E-state index in [4.69, 9.17) is 0 Å². The molecule has 0 saturated heterocycles. The van der Waals surface area contributed by atoms with Crippen molar-refractivity contribution in [2.75, 3.05) is 16.1 Å². The average Bonchev–Trinajstić information content (AvgIpc) is 2.75. The van der Waals surface area contributed by atoms with Crippen LogP contribution in [0.5, 0.6) is 0 Å². The standard InChI is InChI=1S/C22H18IN7/c23-17-9-7-8-16(14-17)15-24-30-22-28-20(25-18-10-3-1-4-11-18)27-21(29-22)26-19-12-5-2-6-13-19/h1-15H,(H3,25,26,27,28,29,30)/b24-15+. The highest BCUT2D eigenvalue weighted by atomic mass is 127. The van der Waals surface area contributed by atoms with Crippen LogP contribution in [0.2, 0.25) is 0 Å². The van der Waals surface area contributed by atoms with E-state index in [2.05, 4.69) is 58.7 Å². The molecule has 0 saturated carbocycles. The van der Waals surface area contributed by atoms with Crippen molar-refractivity contribution < 1.29 is 0 Å². The van der Waals surface area contributed by atoms with Gasteiger partial charge < -0.3 is 10.6 Å². The first-order valence-electron chi connectivity index (χ1n) is 9.19. The number of nitrogens with one attached hydrogen (secondary N) is 3. The second-order valence-corrected chi connectivity index (χ2v) is 7.46. The fraction of sp³-hybridized carbons (Fsp3) is 0. The molecule has 30 heavy (non-hydrogen) atoms. The van der Waals surface area contributed by atoms with E-state index in [1.807, 2.05) is 84.9 Å². The van der Waals surface area contributed by atoms with Crippen molar-refractivity contribution in [2.45, 2.75) is 0 Å². The summed E-state index contributed by atoms with van der Waals surface area (Å²) in [5.41, 5.74) is 5.62. The topological polar surface area (TPSA) is 87.1 Å². The lowest BCUT2D eigenvalue weighted by atomic mass is 10.2. The number of rotatable bonds is 7. The largest absolute Gasteiger partial charge is 0.324 e. The van der Waals surface area contributed by atoms with Crippen LogP contribution in [0.1, 0.15) is 5.56 Å². The normalized spacial score (nSPS) is 10.7. The summed E-state index contributed by atoms with van der Waals surface area (Å²) in [7, 11) is 0. The maximum Gasteiger partial charge on any atom is 0.250 e. The number of aromatic nitrogens is 3. The lowest BCUT2D eigenvalue weighted by Gasteiger charge is -2.10. The first-order valence-corrected chi connectivity index (χ1v) is 10.3. The first-order chi connectivity index (χ1) is 14.7. The van der Waals surface area contributed by atoms with E-state index < -0.39 is 0 Å². The van der Waals surface area contributed by atoms with Gasteiger partial charge in [-0.1, -0.05) is 48.5 Å². The molecule has 0 aliphatic carbocycles. The summed E-state index contributed by atoms with van der Waals surface area (Å²) in [6, 6.07) is 27.5. The monoisotopic (exact) mass is 507 g/mol. The van der Waals surface area contributed by atoms with Crippen molar-refractivity contribution in [3.8, 4) is 0 Å². The van der Waals surface area contributed by atoms with Crippen molar-refractivity contribution >= 4 is 58.0 Å². The van der Waals surface area contributed by atoms with Gasteiger partial charge >= 0.3 is 0 Å². The van der Waals surface area contributed by atoms with Crippen LogP contribution in [-0.2, 0) is 0 Å². The number of para-hydroxylation sites is 2. The molecule has 0 spiro atoms. The zero-order chi connectivity index (χ0) is 20.6. The van der Waals surface area contributed by atoms with Crippen molar-refractivity contribution in [1.29, 1.82) is 0 Å². The third-order valence-electron chi connectivity index (χ3n) is 3.92. The zero-order valence-corrected chi connectivity index (χ0v) is 18.0. The van der Waals surface area contributed by atoms with Crippen molar-refractivity contribution in [1.82, 2.24) is 15.0 Å². The fourth-order valence-corrected chi connectivity index (χ4v) is 3.16. The van der Waals surface area contributed by atoms with Gasteiger partial charge in [0.05, 0.1) is 6.21 Å². The molecule has 0 amide bonds. The molecule has 0 unspecified atom stereocenters. The second kappa shape index (κ2) is 9.79. The van der Waals surface area contributed by atoms with Crippen LogP contribution in [0, 0.1) is 3.57 Å². The molecule has 0 aliphatic rings. The average molecular weight is 507 g/mol. The van der Waals surface area contributed by atoms with Gasteiger partial charge in [0.15, 0.2) is 0 Å². The smallest absolute Gasteiger partial charge is 0.250 e. The van der Waals surface area contributed by atoms with E-state index in [-0.39, 0.29) is 0 Å². The first kappa shape index (κ1) is 19.8. The van der Waals surface area contributed by atoms with Crippen molar-refractivity contribution in [2.24, 2.45) is 5.10 Å². The van der Waals surface area contributed by atoms with Crippen molar-refractivity contribution in [3.63, 3.8) is 0 Å². The Bertz CT molecular complexity index is 1070. The summed E-state index contributed by atoms with van der Waals surface area (Å²) < 4.78 is 1.14. The van der Waals surface area contributed by atoms with E-state index in [0.717, 1.165) is 20.5 Å². The predicted molar refractivity (Wildman–Crippen MR) is 130 cm³/mol. The van der Waals surface area contributed by atoms with Crippen LogP contribution in [-0.4, -0.2) is 21.2 Å². The lowest BCUT2D eigenvalue weighted by molar-refractivity contribution is 1.04. The molecule has 0 radical (unpaired) electrons. The fourth-order valence-electron chi connectivity index (χ4n) is 2.59. The summed E-state index contributed by atoms with van der Waals surface area (Å²) in [6.07, 6.45) is 1.72. The summed E-state index contributed by atoms with van der Waals surface area (Å²) >= 11 is 2.27. The highest BCUT2D eigenvalue weighted by Crippen LogP contribution is 2.18. The maximum absolute atomic E-state index is 4.46. The van der Waals surface area contributed by atoms with Gasteiger partial charge in [-0.15, -0.1) is 0 Å². The number of halogens is 1. The van der Waals surface area contributed by atoms with Gasteiger partial charge in [-0.05, 0) is 64.6 Å². The highest BCUT2D eigenvalue weighted by Gasteiger charge is 2.07. The number of benzene rings is 3. The zero-order valence-electron chi connectivity index (χ0n) is 15.8. The van der Waals surface area contributed by atoms with E-state index in [0.29, 0.717) is 17.8 Å². The SMILES string of the molecule is Ic1cccc(/C=N/Nc2nc(Nc3ccccc3)nc(Nc3ccccc3)n2)c1. The maximum atomic E-state index is 4.46. The van der Waals surface area contributed by atoms with E-state index in [1.54, 1.807) is 6.21 Å². The Balaban J connectivity index is 1.57. The van der Waals surface area contributed by atoms with Gasteiger partial charge in [-0.25, -0.2) is 5.43 Å². The number of hydrazone groups is 1. The van der Waals surface area contributed by atoms with Crippen molar-refractivity contribution in [3.05, 3.63) is 94.1 Å². The number of anilines is 5. The molecule has 0 aliphatic heterocycles. The number of nitrogens with zero attached hydrogens (tertiary/aromatic N) is 4. The van der Waals surface area contributed by atoms with Gasteiger partial charge in [0.1, 0.15) is 0 Å². The third-order valence-corrected chi connectivity index (χ3v) is 4.59. The van der Waals surface area contributed by atoms with Gasteiger partial charge in [-0.2, -0.15) is 20.1 Å². The van der Waals surface area contributed by atoms with Crippen LogP contribution < -0.4 is 16.1 Å². The van der Waals surface area contributed by atoms with Crippen LogP contribution in [0.3, 0.4) is 0 Å². The Morgan fingerprint density at radius 2 is 1.23 bits per heavy atom. The van der Waals surface area contributed by atoms with E-state index in [9.17, 15) is 0 Å². The predicted octanol–water partition coefficient (Wildman–Crippen LogP) is 5.41. The molecule has 7 nitrogen and oxygen atoms in total. The minimum absolute atomic E-state index is 0.323. The molecule has 0 fully saturated rings. The number of hydrogen-bond donors (Lipinski definition) is 3. The van der Waals surface area contributed by atoms with E-state index in [1.165, 1.54) is 0 Å². The minimum atomic E-state index is 0.323. The van der Waals surface area contributed by atoms with Gasteiger partial charge in [-0.3, -0.25) is 0 Å². The molecule has 3 N–H and O–H groups in total. The summed E-state index contributed by atoms with van der Waals surface area (Å²) in [4.78, 5) is 13.3. The molecule has 148 valence electrons. The Morgan fingerprint density at radius 3 is 1.80 bits per heavy atom. The molecule has 1 heterocycles. The van der Waals surface area contributed by atoms with E-state index >= 15 is 0 Å². The molecule has 0 atom stereocenters. The third kappa shape index (κ3) is 5.74. The molecule has 1 aromatic heterocycles. The van der Waals surface area contributed by atoms with Gasteiger partial charge in [0.2, 0.25) is 17.8 Å². The highest BCUT2D eigenvalue weighted by molar-refractivity contribution is 14.1. The summed E-state index contributed by atoms with van der Waals surface area (Å²) in [5, 5.41) is 10.6. The molecule has 4 rings (SSSR count). The summed E-state index contributed by atoms with van der Waals surface area (Å²) in [5.74, 6) is 1.13. The van der Waals surface area contributed by atoms with Gasteiger partial charge in [0, 0.05) is 14.9 Å². The lowest BCUT2D eigenvalue weighted by Crippen LogP contribution is -2.07. The molecule has 0 bridgehead atoms. The van der Waals surface area contributed by atoms with Crippen LogP contribution >= 0.6 is 22.6 Å². The van der Waals surface area contributed by atoms with Crippen LogP contribution in [0.25, 0.3) is 0 Å². The molecular weight excluding hydrogens is 489 g/mol. The molecular formula is C22H18IN7. The molecule has 3 aromatic carbocycles.